The van der Waals surface area contributed by atoms with Gasteiger partial charge in [-0.2, -0.15) is 0 Å². The Hall–Kier alpha value is -4.39. The molecule has 0 unspecified atom stereocenters. The third-order valence-corrected chi connectivity index (χ3v) is 6.41. The van der Waals surface area contributed by atoms with Crippen molar-refractivity contribution in [1.29, 1.82) is 0 Å². The molecule has 3 amide bonds. The number of benzene rings is 2. The van der Waals surface area contributed by atoms with Gasteiger partial charge in [0, 0.05) is 31.4 Å². The number of urea groups is 1. The summed E-state index contributed by atoms with van der Waals surface area (Å²) >= 11 is 0. The Bertz CT molecular complexity index is 1290. The average molecular weight is 481 g/mol. The zero-order valence-electron chi connectivity index (χ0n) is 20.0. The van der Waals surface area contributed by atoms with E-state index in [1.165, 1.54) is 0 Å². The van der Waals surface area contributed by atoms with Crippen molar-refractivity contribution in [2.24, 2.45) is 0 Å². The maximum atomic E-state index is 13.6. The number of nitrogens with one attached hydrogen (secondary N) is 1. The Morgan fingerprint density at radius 2 is 1.89 bits per heavy atom. The number of carbonyl (C=O) groups excluding carboxylic acids is 2. The number of rotatable bonds is 9. The second-order valence-electron chi connectivity index (χ2n) is 8.79. The van der Waals surface area contributed by atoms with Gasteiger partial charge in [0.05, 0.1) is 23.9 Å². The van der Waals surface area contributed by atoms with E-state index in [2.05, 4.69) is 16.9 Å². The van der Waals surface area contributed by atoms with Gasteiger partial charge < -0.3 is 15.0 Å². The van der Waals surface area contributed by atoms with Crippen molar-refractivity contribution in [3.8, 4) is 5.75 Å². The van der Waals surface area contributed by atoms with Gasteiger partial charge in [0.2, 0.25) is 0 Å². The molecule has 3 heterocycles. The fourth-order valence-electron chi connectivity index (χ4n) is 4.62. The summed E-state index contributed by atoms with van der Waals surface area (Å²) in [6.45, 7) is 5.45. The lowest BCUT2D eigenvalue weighted by molar-refractivity contribution is -0.125. The average Bonchev–Trinajstić information content (AvgIpc) is 3.25. The molecule has 2 aliphatic heterocycles. The fraction of sp³-hybridized carbons (Fsp3) is 0.207. The summed E-state index contributed by atoms with van der Waals surface area (Å²) in [6.07, 6.45) is 4.06. The Labute approximate surface area is 210 Å². The molecule has 1 aromatic heterocycles. The number of hydrogen-bond donors (Lipinski definition) is 1. The first-order valence-corrected chi connectivity index (χ1v) is 12.0. The molecule has 2 aliphatic rings. The van der Waals surface area contributed by atoms with Crippen molar-refractivity contribution in [3.05, 3.63) is 120 Å². The highest BCUT2D eigenvalue weighted by atomic mass is 16.5. The van der Waals surface area contributed by atoms with Gasteiger partial charge in [-0.1, -0.05) is 54.6 Å². The number of ether oxygens (including phenoxy) is 1. The van der Waals surface area contributed by atoms with Crippen LogP contribution < -0.4 is 10.1 Å². The first kappa shape index (κ1) is 23.4. The van der Waals surface area contributed by atoms with Crippen molar-refractivity contribution in [2.75, 3.05) is 19.6 Å². The minimum absolute atomic E-state index is 0.0735. The van der Waals surface area contributed by atoms with Crippen LogP contribution in [0.15, 0.2) is 103 Å². The highest BCUT2D eigenvalue weighted by molar-refractivity contribution is 6.01. The smallest absolute Gasteiger partial charge is 0.322 e. The summed E-state index contributed by atoms with van der Waals surface area (Å²) in [7, 11) is 0. The molecule has 0 saturated heterocycles. The van der Waals surface area contributed by atoms with Crippen molar-refractivity contribution in [3.63, 3.8) is 0 Å². The highest BCUT2D eigenvalue weighted by Crippen LogP contribution is 2.37. The number of nitrogens with zero attached hydrogens (tertiary/aromatic N) is 3. The van der Waals surface area contributed by atoms with E-state index in [0.29, 0.717) is 44.0 Å². The van der Waals surface area contributed by atoms with Crippen molar-refractivity contribution in [2.45, 2.75) is 19.1 Å². The van der Waals surface area contributed by atoms with E-state index in [9.17, 15) is 9.59 Å². The Balaban J connectivity index is 1.39. The normalized spacial score (nSPS) is 17.2. The molecule has 2 aromatic carbocycles. The topological polar surface area (TPSA) is 74.8 Å². The summed E-state index contributed by atoms with van der Waals surface area (Å²) in [5, 5.41) is 3.03. The van der Waals surface area contributed by atoms with Gasteiger partial charge in [0.25, 0.3) is 5.91 Å². The molecular weight excluding hydrogens is 452 g/mol. The Morgan fingerprint density at radius 1 is 1.06 bits per heavy atom. The lowest BCUT2D eigenvalue weighted by Gasteiger charge is -2.33. The van der Waals surface area contributed by atoms with Gasteiger partial charge in [0.1, 0.15) is 12.4 Å². The molecule has 1 N–H and O–H groups in total. The van der Waals surface area contributed by atoms with Gasteiger partial charge in [-0.25, -0.2) is 4.79 Å². The van der Waals surface area contributed by atoms with Crippen LogP contribution in [0.3, 0.4) is 0 Å². The zero-order chi connectivity index (χ0) is 24.9. The van der Waals surface area contributed by atoms with Crippen molar-refractivity contribution >= 4 is 11.9 Å². The maximum absolute atomic E-state index is 13.6. The van der Waals surface area contributed by atoms with Crippen LogP contribution in [-0.2, 0) is 17.8 Å². The largest absolute Gasteiger partial charge is 0.489 e. The van der Waals surface area contributed by atoms with E-state index in [-0.39, 0.29) is 11.9 Å². The minimum Gasteiger partial charge on any atom is -0.489 e. The van der Waals surface area contributed by atoms with Crippen molar-refractivity contribution in [1.82, 2.24) is 20.1 Å². The lowest BCUT2D eigenvalue weighted by atomic mass is 9.95. The molecule has 0 aliphatic carbocycles. The van der Waals surface area contributed by atoms with Crippen LogP contribution in [0.2, 0.25) is 0 Å². The van der Waals surface area contributed by atoms with Crippen LogP contribution in [-0.4, -0.2) is 46.4 Å². The first-order chi connectivity index (χ1) is 17.6. The van der Waals surface area contributed by atoms with Crippen LogP contribution in [0.5, 0.6) is 5.75 Å². The molecule has 182 valence electrons. The monoisotopic (exact) mass is 480 g/mol. The number of pyridine rings is 1. The predicted octanol–water partition coefficient (Wildman–Crippen LogP) is 4.25. The maximum Gasteiger partial charge on any atom is 0.322 e. The second kappa shape index (κ2) is 10.5. The zero-order valence-corrected chi connectivity index (χ0v) is 20.0. The van der Waals surface area contributed by atoms with Crippen LogP contribution in [0.1, 0.15) is 22.9 Å². The van der Waals surface area contributed by atoms with Gasteiger partial charge in [-0.05, 0) is 35.4 Å². The molecule has 0 bridgehead atoms. The number of hydrogen-bond acceptors (Lipinski definition) is 4. The molecule has 0 radical (unpaired) electrons. The fourth-order valence-corrected chi connectivity index (χ4v) is 4.62. The summed E-state index contributed by atoms with van der Waals surface area (Å²) in [4.78, 5) is 34.4. The molecule has 7 nitrogen and oxygen atoms in total. The first-order valence-electron chi connectivity index (χ1n) is 12.0. The van der Waals surface area contributed by atoms with E-state index in [1.54, 1.807) is 22.1 Å². The standard InChI is InChI=1S/C29H28N4O3/c1-2-16-33-25-19-32(17-14-23-12-6-7-15-30-23)28(34)26(25)27(31-29(33)35)22-11-8-13-24(18-22)36-20-21-9-4-3-5-10-21/h2-13,15,18,27H,1,14,16-17,19-20H2,(H,31,35)/t27-/m1/s1. The third kappa shape index (κ3) is 4.86. The number of amides is 3. The van der Waals surface area contributed by atoms with E-state index in [1.807, 2.05) is 72.8 Å². The number of aromatic nitrogens is 1. The Kier molecular flexibility index (Phi) is 6.80. The predicted molar refractivity (Wildman–Crippen MR) is 137 cm³/mol. The van der Waals surface area contributed by atoms with Gasteiger partial charge >= 0.3 is 6.03 Å². The molecule has 0 spiro atoms. The van der Waals surface area contributed by atoms with Crippen LogP contribution in [0.4, 0.5) is 4.79 Å². The minimum atomic E-state index is -0.554. The SMILES string of the molecule is C=CCN1C(=O)N[C@H](c2cccc(OCc3ccccc3)c2)C2=C1CN(CCc1ccccn1)C2=O. The highest BCUT2D eigenvalue weighted by Gasteiger charge is 2.43. The van der Waals surface area contributed by atoms with Gasteiger partial charge in [-0.3, -0.25) is 14.7 Å². The number of carbonyl (C=O) groups is 2. The van der Waals surface area contributed by atoms with Gasteiger partial charge in [0.15, 0.2) is 0 Å². The molecule has 7 heteroatoms. The molecule has 3 aromatic rings. The molecule has 0 saturated carbocycles. The van der Waals surface area contributed by atoms with Gasteiger partial charge in [-0.15, -0.1) is 6.58 Å². The van der Waals surface area contributed by atoms with E-state index in [4.69, 9.17) is 4.74 Å². The Morgan fingerprint density at radius 3 is 2.67 bits per heavy atom. The molecular formula is C29H28N4O3. The van der Waals surface area contributed by atoms with Crippen LogP contribution in [0, 0.1) is 0 Å². The molecule has 1 atom stereocenters. The summed E-state index contributed by atoms with van der Waals surface area (Å²) < 4.78 is 6.00. The second-order valence-corrected chi connectivity index (χ2v) is 8.79. The van der Waals surface area contributed by atoms with Crippen LogP contribution >= 0.6 is 0 Å². The molecule has 5 rings (SSSR count). The van der Waals surface area contributed by atoms with Crippen LogP contribution in [0.25, 0.3) is 0 Å². The summed E-state index contributed by atoms with van der Waals surface area (Å²) in [6, 6.07) is 22.5. The summed E-state index contributed by atoms with van der Waals surface area (Å²) in [5.41, 5.74) is 4.11. The van der Waals surface area contributed by atoms with E-state index < -0.39 is 6.04 Å². The van der Waals surface area contributed by atoms with E-state index >= 15 is 0 Å². The van der Waals surface area contributed by atoms with E-state index in [0.717, 1.165) is 22.5 Å². The molecule has 36 heavy (non-hydrogen) atoms. The third-order valence-electron chi connectivity index (χ3n) is 6.41. The van der Waals surface area contributed by atoms with Crippen molar-refractivity contribution < 1.29 is 14.3 Å². The summed E-state index contributed by atoms with van der Waals surface area (Å²) in [5.74, 6) is 0.606. The molecule has 0 fully saturated rings. The quantitative estimate of drug-likeness (QED) is 0.465. The lowest BCUT2D eigenvalue weighted by Crippen LogP contribution is -2.47.